The highest BCUT2D eigenvalue weighted by molar-refractivity contribution is 6.08. The third kappa shape index (κ3) is 3.66. The number of methoxy groups -OCH3 is 1. The number of urea groups is 2. The second kappa shape index (κ2) is 8.09. The molecule has 1 aromatic rings. The first-order valence-electron chi connectivity index (χ1n) is 10.5. The summed E-state index contributed by atoms with van der Waals surface area (Å²) < 4.78 is 5.25. The molecule has 0 radical (unpaired) electrons. The van der Waals surface area contributed by atoms with Crippen molar-refractivity contribution in [2.75, 3.05) is 33.3 Å². The zero-order valence-electron chi connectivity index (χ0n) is 17.7. The van der Waals surface area contributed by atoms with E-state index in [1.54, 1.807) is 29.0 Å². The predicted molar refractivity (Wildman–Crippen MR) is 111 cm³/mol. The van der Waals surface area contributed by atoms with Gasteiger partial charge in [0, 0.05) is 31.7 Å². The van der Waals surface area contributed by atoms with Gasteiger partial charge in [0.2, 0.25) is 0 Å². The molecule has 4 rings (SSSR count). The number of carbonyl (C=O) groups excluding carboxylic acids is 4. The summed E-state index contributed by atoms with van der Waals surface area (Å²) in [6.07, 6.45) is 1.10. The lowest BCUT2D eigenvalue weighted by atomic mass is 9.77. The number of amides is 6. The summed E-state index contributed by atoms with van der Waals surface area (Å²) in [4.78, 5) is 53.5. The van der Waals surface area contributed by atoms with E-state index in [9.17, 15) is 19.2 Å². The summed E-state index contributed by atoms with van der Waals surface area (Å²) >= 11 is 0. The van der Waals surface area contributed by atoms with E-state index >= 15 is 0 Å². The Morgan fingerprint density at radius 3 is 2.61 bits per heavy atom. The number of benzene rings is 1. The van der Waals surface area contributed by atoms with Crippen molar-refractivity contribution in [2.24, 2.45) is 5.92 Å². The van der Waals surface area contributed by atoms with E-state index in [0.717, 1.165) is 5.56 Å². The first-order valence-corrected chi connectivity index (χ1v) is 10.5. The van der Waals surface area contributed by atoms with Crippen molar-refractivity contribution in [3.8, 4) is 5.75 Å². The minimum atomic E-state index is -1.22. The molecule has 10 heteroatoms. The van der Waals surface area contributed by atoms with Crippen LogP contribution in [0.25, 0.3) is 0 Å². The third-order valence-electron chi connectivity index (χ3n) is 6.41. The van der Waals surface area contributed by atoms with E-state index in [4.69, 9.17) is 4.74 Å². The monoisotopic (exact) mass is 429 g/mol. The van der Waals surface area contributed by atoms with Gasteiger partial charge in [-0.05, 0) is 49.4 Å². The molecule has 10 nitrogen and oxygen atoms in total. The van der Waals surface area contributed by atoms with Gasteiger partial charge in [0.25, 0.3) is 11.8 Å². The SMILES string of the molecule is CCNC(=O)N1CCC(C2(CN3Cc4cc(OC)ccc4C3=O)NC(=O)NC2=O)CC1. The fraction of sp³-hybridized carbons (Fsp3) is 0.524. The molecule has 6 amide bonds. The molecular weight excluding hydrogens is 402 g/mol. The molecular formula is C21H27N5O5. The van der Waals surface area contributed by atoms with Crippen molar-refractivity contribution in [3.05, 3.63) is 29.3 Å². The Kier molecular flexibility index (Phi) is 5.47. The molecule has 2 fully saturated rings. The predicted octanol–water partition coefficient (Wildman–Crippen LogP) is 0.671. The van der Waals surface area contributed by atoms with Crippen LogP contribution in [0.2, 0.25) is 0 Å². The van der Waals surface area contributed by atoms with Gasteiger partial charge in [-0.3, -0.25) is 14.9 Å². The third-order valence-corrected chi connectivity index (χ3v) is 6.41. The van der Waals surface area contributed by atoms with Gasteiger partial charge < -0.3 is 25.2 Å². The molecule has 0 aliphatic carbocycles. The average Bonchev–Trinajstić information content (AvgIpc) is 3.23. The van der Waals surface area contributed by atoms with Gasteiger partial charge in [0.1, 0.15) is 11.3 Å². The molecule has 0 saturated carbocycles. The first kappa shape index (κ1) is 21.0. The Balaban J connectivity index is 1.53. The molecule has 31 heavy (non-hydrogen) atoms. The molecule has 1 unspecified atom stereocenters. The lowest BCUT2D eigenvalue weighted by Crippen LogP contribution is -2.62. The Labute approximate surface area is 180 Å². The molecule has 0 spiro atoms. The number of hydrogen-bond acceptors (Lipinski definition) is 5. The van der Waals surface area contributed by atoms with E-state index in [0.29, 0.717) is 50.3 Å². The number of hydrogen-bond donors (Lipinski definition) is 3. The molecule has 1 aromatic carbocycles. The fourth-order valence-electron chi connectivity index (χ4n) is 4.78. The summed E-state index contributed by atoms with van der Waals surface area (Å²) in [5.41, 5.74) is 0.189. The molecule has 0 bridgehead atoms. The smallest absolute Gasteiger partial charge is 0.322 e. The van der Waals surface area contributed by atoms with Gasteiger partial charge in [-0.25, -0.2) is 9.59 Å². The summed E-state index contributed by atoms with van der Waals surface area (Å²) in [6, 6.07) is 4.59. The second-order valence-electron chi connectivity index (χ2n) is 8.16. The second-order valence-corrected chi connectivity index (χ2v) is 8.16. The highest BCUT2D eigenvalue weighted by atomic mass is 16.5. The fourth-order valence-corrected chi connectivity index (χ4v) is 4.78. The number of piperidine rings is 1. The highest BCUT2D eigenvalue weighted by Crippen LogP contribution is 2.35. The molecule has 3 aliphatic heterocycles. The van der Waals surface area contributed by atoms with Gasteiger partial charge in [0.05, 0.1) is 13.7 Å². The van der Waals surface area contributed by atoms with Crippen molar-refractivity contribution in [3.63, 3.8) is 0 Å². The molecule has 1 atom stereocenters. The lowest BCUT2D eigenvalue weighted by molar-refractivity contribution is -0.127. The minimum absolute atomic E-state index is 0.0756. The maximum Gasteiger partial charge on any atom is 0.322 e. The van der Waals surface area contributed by atoms with E-state index in [1.165, 1.54) is 0 Å². The topological polar surface area (TPSA) is 120 Å². The number of fused-ring (bicyclic) bond motifs is 1. The van der Waals surface area contributed by atoms with Crippen LogP contribution in [0.4, 0.5) is 9.59 Å². The Morgan fingerprint density at radius 1 is 1.26 bits per heavy atom. The number of rotatable bonds is 5. The number of imide groups is 1. The van der Waals surface area contributed by atoms with Crippen LogP contribution in [-0.2, 0) is 11.3 Å². The zero-order chi connectivity index (χ0) is 22.2. The minimum Gasteiger partial charge on any atom is -0.497 e. The highest BCUT2D eigenvalue weighted by Gasteiger charge is 2.54. The Bertz CT molecular complexity index is 927. The quantitative estimate of drug-likeness (QED) is 0.595. The van der Waals surface area contributed by atoms with Crippen LogP contribution in [0.15, 0.2) is 18.2 Å². The van der Waals surface area contributed by atoms with Gasteiger partial charge in [-0.1, -0.05) is 0 Å². The largest absolute Gasteiger partial charge is 0.497 e. The van der Waals surface area contributed by atoms with Gasteiger partial charge >= 0.3 is 12.1 Å². The first-order chi connectivity index (χ1) is 14.9. The van der Waals surface area contributed by atoms with E-state index in [-0.39, 0.29) is 24.4 Å². The van der Waals surface area contributed by atoms with Crippen molar-refractivity contribution >= 4 is 23.9 Å². The molecule has 3 N–H and O–H groups in total. The maximum atomic E-state index is 13.0. The summed E-state index contributed by atoms with van der Waals surface area (Å²) in [6.45, 7) is 3.78. The van der Waals surface area contributed by atoms with Crippen molar-refractivity contribution in [2.45, 2.75) is 31.8 Å². The van der Waals surface area contributed by atoms with Crippen LogP contribution >= 0.6 is 0 Å². The molecule has 3 aliphatic rings. The number of carbonyl (C=O) groups is 4. The Morgan fingerprint density at radius 2 is 2.00 bits per heavy atom. The zero-order valence-corrected chi connectivity index (χ0v) is 17.7. The number of nitrogens with zero attached hydrogens (tertiary/aromatic N) is 2. The molecule has 0 aromatic heterocycles. The van der Waals surface area contributed by atoms with Crippen LogP contribution in [0.5, 0.6) is 5.75 Å². The van der Waals surface area contributed by atoms with Crippen LogP contribution in [0.1, 0.15) is 35.7 Å². The normalized spacial score (nSPS) is 23.5. The number of ether oxygens (including phenoxy) is 1. The van der Waals surface area contributed by atoms with E-state index < -0.39 is 17.5 Å². The summed E-state index contributed by atoms with van der Waals surface area (Å²) in [7, 11) is 1.57. The number of nitrogens with one attached hydrogen (secondary N) is 3. The van der Waals surface area contributed by atoms with E-state index in [1.807, 2.05) is 13.0 Å². The van der Waals surface area contributed by atoms with Crippen LogP contribution in [-0.4, -0.2) is 72.5 Å². The van der Waals surface area contributed by atoms with Crippen LogP contribution < -0.4 is 20.7 Å². The van der Waals surface area contributed by atoms with Crippen molar-refractivity contribution < 1.29 is 23.9 Å². The molecule has 166 valence electrons. The number of likely N-dealkylation sites (tertiary alicyclic amines) is 1. The standard InChI is InChI=1S/C21H27N5O5/c1-3-22-20(30)25-8-6-14(7-9-25)21(18(28)23-19(29)24-21)12-26-11-13-10-15(31-2)4-5-16(13)17(26)27/h4-5,10,14H,3,6-9,11-12H2,1-2H3,(H,22,30)(H2,23,24,28,29). The lowest BCUT2D eigenvalue weighted by Gasteiger charge is -2.42. The Hall–Kier alpha value is -3.30. The van der Waals surface area contributed by atoms with Crippen molar-refractivity contribution in [1.29, 1.82) is 0 Å². The van der Waals surface area contributed by atoms with Crippen LogP contribution in [0, 0.1) is 5.92 Å². The summed E-state index contributed by atoms with van der Waals surface area (Å²) in [5.74, 6) is -0.135. The van der Waals surface area contributed by atoms with Crippen LogP contribution in [0.3, 0.4) is 0 Å². The average molecular weight is 429 g/mol. The van der Waals surface area contributed by atoms with Gasteiger partial charge in [0.15, 0.2) is 0 Å². The van der Waals surface area contributed by atoms with Crippen molar-refractivity contribution in [1.82, 2.24) is 25.8 Å². The van der Waals surface area contributed by atoms with E-state index in [2.05, 4.69) is 16.0 Å². The van der Waals surface area contributed by atoms with Gasteiger partial charge in [-0.2, -0.15) is 0 Å². The summed E-state index contributed by atoms with van der Waals surface area (Å²) in [5, 5.41) is 7.95. The maximum absolute atomic E-state index is 13.0. The molecule has 3 heterocycles. The molecule has 2 saturated heterocycles. The van der Waals surface area contributed by atoms with Gasteiger partial charge in [-0.15, -0.1) is 0 Å².